The number of aromatic amines is 1. The number of H-pyrrole nitrogens is 1. The number of rotatable bonds is 4. The lowest BCUT2D eigenvalue weighted by atomic mass is 10.0. The van der Waals surface area contributed by atoms with Crippen LogP contribution in [0, 0.1) is 0 Å². The number of allylic oxidation sites excluding steroid dienone is 2. The molecule has 0 spiro atoms. The number of benzene rings is 1. The van der Waals surface area contributed by atoms with Crippen LogP contribution in [0.5, 0.6) is 0 Å². The van der Waals surface area contributed by atoms with Gasteiger partial charge in [-0.05, 0) is 43.7 Å². The molecule has 0 aliphatic carbocycles. The molecule has 0 saturated carbocycles. The summed E-state index contributed by atoms with van der Waals surface area (Å²) in [4.78, 5) is 16.7. The van der Waals surface area contributed by atoms with Crippen LogP contribution in [0.3, 0.4) is 0 Å². The van der Waals surface area contributed by atoms with Crippen molar-refractivity contribution >= 4 is 33.8 Å². The van der Waals surface area contributed by atoms with Crippen molar-refractivity contribution in [1.82, 2.24) is 15.2 Å². The SMILES string of the molecule is CCCC(=O)c1ccc2[nH]nc(C3=CN4N=C(C)CN=C4C=C3)c2c1. The van der Waals surface area contributed by atoms with Gasteiger partial charge >= 0.3 is 0 Å². The number of hydrazone groups is 1. The fourth-order valence-corrected chi connectivity index (χ4v) is 3.02. The average molecular weight is 333 g/mol. The van der Waals surface area contributed by atoms with E-state index in [1.54, 1.807) is 5.01 Å². The summed E-state index contributed by atoms with van der Waals surface area (Å²) in [5, 5.41) is 14.7. The minimum absolute atomic E-state index is 0.162. The van der Waals surface area contributed by atoms with E-state index in [1.165, 1.54) is 0 Å². The van der Waals surface area contributed by atoms with E-state index in [9.17, 15) is 4.79 Å². The zero-order chi connectivity index (χ0) is 17.4. The molecule has 0 radical (unpaired) electrons. The number of nitrogens with zero attached hydrogens (tertiary/aromatic N) is 4. The summed E-state index contributed by atoms with van der Waals surface area (Å²) < 4.78 is 0. The van der Waals surface area contributed by atoms with Crippen LogP contribution in [-0.4, -0.2) is 39.1 Å². The summed E-state index contributed by atoms with van der Waals surface area (Å²) in [6, 6.07) is 5.70. The monoisotopic (exact) mass is 333 g/mol. The zero-order valence-corrected chi connectivity index (χ0v) is 14.3. The number of amidine groups is 1. The molecule has 1 N–H and O–H groups in total. The molecule has 0 fully saturated rings. The molecule has 25 heavy (non-hydrogen) atoms. The second-order valence-corrected chi connectivity index (χ2v) is 6.28. The van der Waals surface area contributed by atoms with Gasteiger partial charge in [0.05, 0.1) is 17.8 Å². The van der Waals surface area contributed by atoms with E-state index < -0.39 is 0 Å². The Labute approximate surface area is 145 Å². The van der Waals surface area contributed by atoms with Gasteiger partial charge in [0, 0.05) is 29.1 Å². The Morgan fingerprint density at radius 2 is 2.20 bits per heavy atom. The van der Waals surface area contributed by atoms with Gasteiger partial charge in [0.15, 0.2) is 5.78 Å². The Balaban J connectivity index is 1.75. The summed E-state index contributed by atoms with van der Waals surface area (Å²) in [5.74, 6) is 0.989. The Kier molecular flexibility index (Phi) is 3.80. The number of aliphatic imine (C=N–C) groups is 1. The first-order valence-electron chi connectivity index (χ1n) is 8.45. The van der Waals surface area contributed by atoms with Crippen molar-refractivity contribution in [2.75, 3.05) is 6.54 Å². The summed E-state index contributed by atoms with van der Waals surface area (Å²) >= 11 is 0. The Morgan fingerprint density at radius 3 is 3.04 bits per heavy atom. The molecule has 2 aliphatic heterocycles. The van der Waals surface area contributed by atoms with E-state index in [4.69, 9.17) is 0 Å². The third-order valence-electron chi connectivity index (χ3n) is 4.29. The number of ketones is 1. The molecule has 2 aromatic rings. The minimum Gasteiger partial charge on any atom is -0.294 e. The smallest absolute Gasteiger partial charge is 0.162 e. The van der Waals surface area contributed by atoms with Crippen molar-refractivity contribution in [3.63, 3.8) is 0 Å². The number of fused-ring (bicyclic) bond motifs is 2. The van der Waals surface area contributed by atoms with Crippen LogP contribution in [-0.2, 0) is 0 Å². The predicted octanol–water partition coefficient (Wildman–Crippen LogP) is 3.55. The first-order chi connectivity index (χ1) is 12.2. The van der Waals surface area contributed by atoms with Crippen molar-refractivity contribution in [2.45, 2.75) is 26.7 Å². The van der Waals surface area contributed by atoms with E-state index in [1.807, 2.05) is 50.4 Å². The second-order valence-electron chi connectivity index (χ2n) is 6.28. The van der Waals surface area contributed by atoms with Crippen LogP contribution in [0.4, 0.5) is 0 Å². The highest BCUT2D eigenvalue weighted by molar-refractivity contribution is 6.06. The fourth-order valence-electron chi connectivity index (χ4n) is 3.02. The fraction of sp³-hybridized carbons (Fsp3) is 0.263. The molecule has 0 amide bonds. The van der Waals surface area contributed by atoms with Gasteiger partial charge in [-0.15, -0.1) is 0 Å². The average Bonchev–Trinajstić information content (AvgIpc) is 3.04. The minimum atomic E-state index is 0.162. The van der Waals surface area contributed by atoms with E-state index in [0.29, 0.717) is 13.0 Å². The quantitative estimate of drug-likeness (QED) is 0.870. The van der Waals surface area contributed by atoms with E-state index >= 15 is 0 Å². The number of hydrogen-bond acceptors (Lipinski definition) is 5. The molecule has 4 rings (SSSR count). The van der Waals surface area contributed by atoms with Crippen LogP contribution >= 0.6 is 0 Å². The van der Waals surface area contributed by atoms with E-state index in [2.05, 4.69) is 20.3 Å². The van der Waals surface area contributed by atoms with Crippen LogP contribution < -0.4 is 0 Å². The van der Waals surface area contributed by atoms with Crippen molar-refractivity contribution in [1.29, 1.82) is 0 Å². The molecule has 0 unspecified atom stereocenters. The number of carbonyl (C=O) groups is 1. The number of aromatic nitrogens is 2. The van der Waals surface area contributed by atoms with Crippen molar-refractivity contribution in [2.24, 2.45) is 10.1 Å². The van der Waals surface area contributed by atoms with Crippen LogP contribution in [0.25, 0.3) is 16.5 Å². The van der Waals surface area contributed by atoms with Gasteiger partial charge in [0.2, 0.25) is 0 Å². The molecule has 3 heterocycles. The first-order valence-corrected chi connectivity index (χ1v) is 8.45. The second kappa shape index (κ2) is 6.12. The molecule has 0 atom stereocenters. The van der Waals surface area contributed by atoms with Crippen LogP contribution in [0.15, 0.2) is 46.6 Å². The number of hydrogen-bond donors (Lipinski definition) is 1. The summed E-state index contributed by atoms with van der Waals surface area (Å²) in [6.45, 7) is 4.60. The largest absolute Gasteiger partial charge is 0.294 e. The molecule has 6 heteroatoms. The molecular weight excluding hydrogens is 314 g/mol. The van der Waals surface area contributed by atoms with Crippen LogP contribution in [0.1, 0.15) is 42.7 Å². The molecule has 1 aromatic heterocycles. The third kappa shape index (κ3) is 2.80. The van der Waals surface area contributed by atoms with Gasteiger partial charge in [-0.3, -0.25) is 14.9 Å². The Bertz CT molecular complexity index is 977. The molecular formula is C19H19N5O. The normalized spacial score (nSPS) is 16.4. The Hall–Kier alpha value is -3.02. The maximum Gasteiger partial charge on any atom is 0.162 e. The number of nitrogens with one attached hydrogen (secondary N) is 1. The number of carbonyl (C=O) groups excluding carboxylic acids is 1. The summed E-state index contributed by atoms with van der Waals surface area (Å²) in [7, 11) is 0. The maximum atomic E-state index is 12.2. The Morgan fingerprint density at radius 1 is 1.32 bits per heavy atom. The summed E-state index contributed by atoms with van der Waals surface area (Å²) in [5.41, 5.74) is 4.36. The highest BCUT2D eigenvalue weighted by Crippen LogP contribution is 2.28. The zero-order valence-electron chi connectivity index (χ0n) is 14.3. The maximum absolute atomic E-state index is 12.2. The number of Topliss-reactive ketones (excluding diaryl/α,β-unsaturated/α-hetero) is 1. The van der Waals surface area contributed by atoms with Gasteiger partial charge in [-0.1, -0.05) is 6.92 Å². The van der Waals surface area contributed by atoms with Gasteiger partial charge < -0.3 is 0 Å². The highest BCUT2D eigenvalue weighted by Gasteiger charge is 2.19. The lowest BCUT2D eigenvalue weighted by Crippen LogP contribution is -2.27. The van der Waals surface area contributed by atoms with E-state index in [-0.39, 0.29) is 5.78 Å². The van der Waals surface area contributed by atoms with Gasteiger partial charge in [0.25, 0.3) is 0 Å². The predicted molar refractivity (Wildman–Crippen MR) is 99.7 cm³/mol. The van der Waals surface area contributed by atoms with Crippen LogP contribution in [0.2, 0.25) is 0 Å². The van der Waals surface area contributed by atoms with Crippen molar-refractivity contribution < 1.29 is 4.79 Å². The molecule has 126 valence electrons. The lowest BCUT2D eigenvalue weighted by Gasteiger charge is -2.23. The van der Waals surface area contributed by atoms with Gasteiger partial charge in [-0.25, -0.2) is 5.01 Å². The van der Waals surface area contributed by atoms with Gasteiger partial charge in [-0.2, -0.15) is 10.2 Å². The topological polar surface area (TPSA) is 73.7 Å². The first kappa shape index (κ1) is 15.5. The molecule has 0 saturated heterocycles. The molecule has 1 aromatic carbocycles. The molecule has 2 aliphatic rings. The lowest BCUT2D eigenvalue weighted by molar-refractivity contribution is 0.0982. The van der Waals surface area contributed by atoms with Crippen molar-refractivity contribution in [3.8, 4) is 0 Å². The van der Waals surface area contributed by atoms with E-state index in [0.717, 1.165) is 45.7 Å². The molecule has 0 bridgehead atoms. The standard InChI is InChI=1S/C19H19N5O/c1-3-4-17(25)13-5-7-16-15(9-13)19(22-21-16)14-6-8-18-20-10-12(2)23-24(18)11-14/h5-9,11H,3-4,10H2,1-2H3,(H,21,22). The van der Waals surface area contributed by atoms with Gasteiger partial charge in [0.1, 0.15) is 11.5 Å². The highest BCUT2D eigenvalue weighted by atomic mass is 16.1. The van der Waals surface area contributed by atoms with Crippen molar-refractivity contribution in [3.05, 3.63) is 47.8 Å². The third-order valence-corrected chi connectivity index (χ3v) is 4.29. The molecule has 6 nitrogen and oxygen atoms in total. The summed E-state index contributed by atoms with van der Waals surface area (Å²) in [6.07, 6.45) is 7.26.